The van der Waals surface area contributed by atoms with Gasteiger partial charge in [-0.25, -0.2) is 18.6 Å². The van der Waals surface area contributed by atoms with Gasteiger partial charge in [-0.05, 0) is 54.5 Å². The van der Waals surface area contributed by atoms with Gasteiger partial charge in [-0.1, -0.05) is 24.3 Å². The highest BCUT2D eigenvalue weighted by atomic mass is 35.5. The van der Waals surface area contributed by atoms with E-state index in [-0.39, 0.29) is 5.69 Å². The van der Waals surface area contributed by atoms with E-state index in [1.54, 1.807) is 31.2 Å². The van der Waals surface area contributed by atoms with Crippen molar-refractivity contribution < 1.29 is 18.7 Å². The van der Waals surface area contributed by atoms with Crippen molar-refractivity contribution in [3.05, 3.63) is 94.8 Å². The maximum atomic E-state index is 14.9. The summed E-state index contributed by atoms with van der Waals surface area (Å²) in [5, 5.41) is 8.68. The first-order valence-electron chi connectivity index (χ1n) is 7.79. The molecule has 1 heterocycles. The average Bonchev–Trinajstić information content (AvgIpc) is 2.61. The van der Waals surface area contributed by atoms with Gasteiger partial charge in [0.15, 0.2) is 0 Å². The van der Waals surface area contributed by atoms with Gasteiger partial charge in [0.1, 0.15) is 17.3 Å². The molecule has 0 saturated carbocycles. The first kappa shape index (κ1) is 20.9. The predicted molar refractivity (Wildman–Crippen MR) is 105 cm³/mol. The van der Waals surface area contributed by atoms with Gasteiger partial charge in [-0.15, -0.1) is 11.8 Å². The molecule has 0 amide bonds. The van der Waals surface area contributed by atoms with Crippen LogP contribution in [0.1, 0.15) is 26.9 Å². The van der Waals surface area contributed by atoms with Crippen LogP contribution >= 0.6 is 23.4 Å². The lowest BCUT2D eigenvalue weighted by atomic mass is 10.1. The molecule has 1 aromatic heterocycles. The summed E-state index contributed by atoms with van der Waals surface area (Å²) in [7, 11) is 0. The fourth-order valence-corrected chi connectivity index (χ4v) is 3.49. The summed E-state index contributed by atoms with van der Waals surface area (Å²) in [6.45, 7) is 5.03. The van der Waals surface area contributed by atoms with Crippen LogP contribution in [0.5, 0.6) is 0 Å². The standard InChI is InChI=1S/C20H16ClF2NO2S/c1-3-4-14(22)10-17(23)19(27-15-7-5-13(21)6-8-15)16-11-24-18(20(25)26)9-12(16)2/h3-11,19H,1H2,2H3,(H,25,26)/b14-4+,17-10-. The van der Waals surface area contributed by atoms with Crippen molar-refractivity contribution in [1.29, 1.82) is 0 Å². The molecule has 7 heteroatoms. The van der Waals surface area contributed by atoms with Crippen LogP contribution in [0.4, 0.5) is 8.78 Å². The quantitative estimate of drug-likeness (QED) is 0.422. The Morgan fingerprint density at radius 3 is 2.56 bits per heavy atom. The van der Waals surface area contributed by atoms with Gasteiger partial charge in [0.25, 0.3) is 0 Å². The number of hydrogen-bond donors (Lipinski definition) is 1. The summed E-state index contributed by atoms with van der Waals surface area (Å²) in [5.41, 5.74) is 0.833. The first-order valence-corrected chi connectivity index (χ1v) is 9.05. The lowest BCUT2D eigenvalue weighted by Gasteiger charge is -2.18. The van der Waals surface area contributed by atoms with Crippen molar-refractivity contribution in [3.8, 4) is 0 Å². The van der Waals surface area contributed by atoms with Crippen LogP contribution in [-0.4, -0.2) is 16.1 Å². The Balaban J connectivity index is 2.48. The van der Waals surface area contributed by atoms with E-state index >= 15 is 0 Å². The lowest BCUT2D eigenvalue weighted by Crippen LogP contribution is -2.05. The van der Waals surface area contributed by atoms with E-state index in [2.05, 4.69) is 11.6 Å². The van der Waals surface area contributed by atoms with E-state index in [9.17, 15) is 13.6 Å². The second kappa shape index (κ2) is 9.48. The molecular formula is C20H16ClF2NO2S. The number of pyridine rings is 1. The van der Waals surface area contributed by atoms with Crippen LogP contribution in [0.3, 0.4) is 0 Å². The second-order valence-corrected chi connectivity index (χ2v) is 7.11. The molecule has 0 aliphatic rings. The van der Waals surface area contributed by atoms with Crippen molar-refractivity contribution in [2.24, 2.45) is 0 Å². The number of carbonyl (C=O) groups is 1. The highest BCUT2D eigenvalue weighted by Crippen LogP contribution is 2.43. The fraction of sp³-hybridized carbons (Fsp3) is 0.100. The number of nitrogens with zero attached hydrogens (tertiary/aromatic N) is 1. The summed E-state index contributed by atoms with van der Waals surface area (Å²) in [5.74, 6) is -2.70. The minimum absolute atomic E-state index is 0.145. The average molecular weight is 408 g/mol. The van der Waals surface area contributed by atoms with E-state index in [1.807, 2.05) is 0 Å². The molecule has 0 aliphatic heterocycles. The Kier molecular flexibility index (Phi) is 7.33. The molecule has 1 unspecified atom stereocenters. The molecule has 0 spiro atoms. The molecule has 0 saturated heterocycles. The van der Waals surface area contributed by atoms with Crippen molar-refractivity contribution in [2.45, 2.75) is 17.1 Å². The smallest absolute Gasteiger partial charge is 0.354 e. The fourth-order valence-electron chi connectivity index (χ4n) is 2.24. The van der Waals surface area contributed by atoms with Crippen LogP contribution in [0.15, 0.2) is 77.9 Å². The Morgan fingerprint density at radius 1 is 1.33 bits per heavy atom. The van der Waals surface area contributed by atoms with Gasteiger partial charge in [0, 0.05) is 22.2 Å². The number of hydrogen-bond acceptors (Lipinski definition) is 3. The number of benzene rings is 1. The SMILES string of the molecule is C=C/C=C(F)\C=C(/F)C(Sc1ccc(Cl)cc1)c1cnc(C(=O)O)cc1C. The second-order valence-electron chi connectivity index (χ2n) is 5.50. The molecule has 1 aromatic carbocycles. The topological polar surface area (TPSA) is 50.2 Å². The molecule has 27 heavy (non-hydrogen) atoms. The predicted octanol–water partition coefficient (Wildman–Crippen LogP) is 6.47. The summed E-state index contributed by atoms with van der Waals surface area (Å²) in [6, 6.07) is 8.13. The van der Waals surface area contributed by atoms with Gasteiger partial charge in [0.2, 0.25) is 0 Å². The number of aromatic nitrogens is 1. The Morgan fingerprint density at radius 2 is 2.00 bits per heavy atom. The minimum Gasteiger partial charge on any atom is -0.477 e. The zero-order valence-corrected chi connectivity index (χ0v) is 15.9. The Hall–Kier alpha value is -2.44. The van der Waals surface area contributed by atoms with E-state index in [0.29, 0.717) is 21.0 Å². The molecule has 1 atom stereocenters. The number of aryl methyl sites for hydroxylation is 1. The summed E-state index contributed by atoms with van der Waals surface area (Å²) >= 11 is 7.01. The lowest BCUT2D eigenvalue weighted by molar-refractivity contribution is 0.0690. The van der Waals surface area contributed by atoms with Crippen LogP contribution < -0.4 is 0 Å². The highest BCUT2D eigenvalue weighted by molar-refractivity contribution is 7.99. The van der Waals surface area contributed by atoms with Gasteiger partial charge >= 0.3 is 5.97 Å². The van der Waals surface area contributed by atoms with Crippen LogP contribution in [-0.2, 0) is 0 Å². The number of carboxylic acids is 1. The first-order chi connectivity index (χ1) is 12.8. The number of thioether (sulfide) groups is 1. The van der Waals surface area contributed by atoms with Gasteiger partial charge in [0.05, 0.1) is 5.25 Å². The zero-order valence-electron chi connectivity index (χ0n) is 14.3. The molecule has 0 radical (unpaired) electrons. The number of allylic oxidation sites excluding steroid dienone is 4. The van der Waals surface area contributed by atoms with Crippen LogP contribution in [0, 0.1) is 6.92 Å². The Labute approximate surface area is 165 Å². The molecule has 0 bridgehead atoms. The minimum atomic E-state index is -1.18. The molecular weight excluding hydrogens is 392 g/mol. The molecule has 0 aliphatic carbocycles. The van der Waals surface area contributed by atoms with E-state index < -0.39 is 22.9 Å². The zero-order chi connectivity index (χ0) is 20.0. The van der Waals surface area contributed by atoms with Gasteiger partial charge in [-0.2, -0.15) is 0 Å². The van der Waals surface area contributed by atoms with Crippen LogP contribution in [0.2, 0.25) is 5.02 Å². The summed E-state index contributed by atoms with van der Waals surface area (Å²) in [4.78, 5) is 15.6. The molecule has 3 nitrogen and oxygen atoms in total. The Bertz CT molecular complexity index is 911. The van der Waals surface area contributed by atoms with E-state index in [4.69, 9.17) is 16.7 Å². The maximum Gasteiger partial charge on any atom is 0.354 e. The number of rotatable bonds is 7. The van der Waals surface area contributed by atoms with Crippen molar-refractivity contribution in [1.82, 2.24) is 4.98 Å². The largest absolute Gasteiger partial charge is 0.477 e. The van der Waals surface area contributed by atoms with Crippen LogP contribution in [0.25, 0.3) is 0 Å². The highest BCUT2D eigenvalue weighted by Gasteiger charge is 2.22. The third-order valence-electron chi connectivity index (χ3n) is 3.52. The van der Waals surface area contributed by atoms with Crippen molar-refractivity contribution >= 4 is 29.3 Å². The number of halogens is 3. The molecule has 0 fully saturated rings. The molecule has 2 aromatic rings. The number of aromatic carboxylic acids is 1. The summed E-state index contributed by atoms with van der Waals surface area (Å²) < 4.78 is 28.6. The molecule has 2 rings (SSSR count). The number of carboxylic acid groups (broad SMARTS) is 1. The third-order valence-corrected chi connectivity index (χ3v) is 5.03. The van der Waals surface area contributed by atoms with Crippen molar-refractivity contribution in [3.63, 3.8) is 0 Å². The normalized spacial score (nSPS) is 13.3. The summed E-state index contributed by atoms with van der Waals surface area (Å²) in [6.07, 6.45) is 4.34. The molecule has 140 valence electrons. The van der Waals surface area contributed by atoms with Gasteiger partial charge in [-0.3, -0.25) is 0 Å². The van der Waals surface area contributed by atoms with E-state index in [0.717, 1.165) is 23.9 Å². The van der Waals surface area contributed by atoms with E-state index in [1.165, 1.54) is 18.3 Å². The van der Waals surface area contributed by atoms with Gasteiger partial charge < -0.3 is 5.11 Å². The maximum absolute atomic E-state index is 14.9. The third kappa shape index (κ3) is 5.77. The molecule has 1 N–H and O–H groups in total. The van der Waals surface area contributed by atoms with Crippen molar-refractivity contribution in [2.75, 3.05) is 0 Å². The monoisotopic (exact) mass is 407 g/mol.